The van der Waals surface area contributed by atoms with Gasteiger partial charge in [0.15, 0.2) is 0 Å². The topological polar surface area (TPSA) is 77.4 Å². The Morgan fingerprint density at radius 3 is 1.29 bits per heavy atom. The second kappa shape index (κ2) is 15.0. The molecule has 2 unspecified atom stereocenters. The maximum Gasteiger partial charge on any atom is 1.00 e. The van der Waals surface area contributed by atoms with E-state index in [2.05, 4.69) is 27.7 Å². The summed E-state index contributed by atoms with van der Waals surface area (Å²) in [5, 5.41) is 19.5. The molecule has 2 aromatic rings. The molecule has 2 rings (SSSR count). The van der Waals surface area contributed by atoms with Crippen LogP contribution < -0.4 is 56.5 Å². The van der Waals surface area contributed by atoms with Gasteiger partial charge in [-0.05, 0) is 53.9 Å². The molecule has 2 atom stereocenters. The van der Waals surface area contributed by atoms with Gasteiger partial charge < -0.3 is 15.0 Å². The van der Waals surface area contributed by atoms with Gasteiger partial charge in [-0.25, -0.2) is 0 Å². The monoisotopic (exact) mass is 450 g/mol. The Labute approximate surface area is 229 Å². The number of carboxylic acids is 2. The fourth-order valence-corrected chi connectivity index (χ4v) is 3.11. The van der Waals surface area contributed by atoms with Crippen LogP contribution in [0.4, 0.5) is 0 Å². The van der Waals surface area contributed by atoms with Crippen molar-refractivity contribution in [1.29, 1.82) is 0 Å². The smallest absolute Gasteiger partial charge is 0.550 e. The molecule has 0 radical (unpaired) electrons. The van der Waals surface area contributed by atoms with E-state index in [1.54, 1.807) is 13.8 Å². The van der Waals surface area contributed by atoms with E-state index < -0.39 is 23.8 Å². The summed E-state index contributed by atoms with van der Waals surface area (Å²) in [4.78, 5) is 21.4. The molecule has 2 aromatic carbocycles. The Hall–Kier alpha value is -0.984. The molecular formula is C26H35KO4. The summed E-state index contributed by atoms with van der Waals surface area (Å²) in [5.74, 6) is -1.49. The Kier molecular flexibility index (Phi) is 14.5. The summed E-state index contributed by atoms with van der Waals surface area (Å²) in [6.07, 6.45) is 2.07. The minimum atomic E-state index is -1.02. The molecule has 31 heavy (non-hydrogen) atoms. The van der Waals surface area contributed by atoms with Gasteiger partial charge in [-0.1, -0.05) is 83.1 Å². The van der Waals surface area contributed by atoms with Crippen LogP contribution >= 0.6 is 0 Å². The molecule has 0 saturated carbocycles. The second-order valence-electron chi connectivity index (χ2n) is 8.78. The van der Waals surface area contributed by atoms with Gasteiger partial charge in [-0.2, -0.15) is 0 Å². The van der Waals surface area contributed by atoms with E-state index in [0.29, 0.717) is 11.8 Å². The standard InChI is InChI=1S/2C13H18O2.K/c2*1-9(2)8-11-4-6-12(7-5-11)10(3)13(14)15;/h2*4-7,9-10H,8H2,1-3H3,(H,14,15);/q;;+1/p-1. The van der Waals surface area contributed by atoms with E-state index >= 15 is 0 Å². The van der Waals surface area contributed by atoms with Crippen molar-refractivity contribution in [2.24, 2.45) is 11.8 Å². The Morgan fingerprint density at radius 1 is 0.710 bits per heavy atom. The van der Waals surface area contributed by atoms with Crippen molar-refractivity contribution in [2.45, 2.75) is 66.2 Å². The van der Waals surface area contributed by atoms with Gasteiger partial charge in [-0.15, -0.1) is 0 Å². The maximum atomic E-state index is 10.8. The van der Waals surface area contributed by atoms with Crippen LogP contribution in [0.5, 0.6) is 0 Å². The summed E-state index contributed by atoms with van der Waals surface area (Å²) >= 11 is 0. The molecule has 0 fully saturated rings. The van der Waals surface area contributed by atoms with E-state index in [4.69, 9.17) is 5.11 Å². The van der Waals surface area contributed by atoms with Crippen molar-refractivity contribution in [2.75, 3.05) is 0 Å². The van der Waals surface area contributed by atoms with Crippen molar-refractivity contribution in [3.05, 3.63) is 70.8 Å². The molecule has 4 nitrogen and oxygen atoms in total. The predicted octanol–water partition coefficient (Wildman–Crippen LogP) is 1.82. The average molecular weight is 451 g/mol. The zero-order chi connectivity index (χ0) is 22.8. The molecular weight excluding hydrogens is 415 g/mol. The Balaban J connectivity index is 0.000000562. The number of hydrogen-bond donors (Lipinski definition) is 1. The molecule has 164 valence electrons. The molecule has 5 heteroatoms. The van der Waals surface area contributed by atoms with Gasteiger partial charge in [0.25, 0.3) is 0 Å². The van der Waals surface area contributed by atoms with Crippen LogP contribution in [0.3, 0.4) is 0 Å². The van der Waals surface area contributed by atoms with Gasteiger partial charge in [0.2, 0.25) is 0 Å². The largest absolute Gasteiger partial charge is 1.00 e. The van der Waals surface area contributed by atoms with E-state index in [1.165, 1.54) is 11.1 Å². The quantitative estimate of drug-likeness (QED) is 0.623. The van der Waals surface area contributed by atoms with Crippen molar-refractivity contribution >= 4 is 11.9 Å². The zero-order valence-electron chi connectivity index (χ0n) is 20.0. The normalized spacial score (nSPS) is 12.4. The van der Waals surface area contributed by atoms with Crippen molar-refractivity contribution in [3.63, 3.8) is 0 Å². The molecule has 0 heterocycles. The number of aliphatic carboxylic acids is 2. The average Bonchev–Trinajstić information content (AvgIpc) is 2.67. The number of hydrogen-bond acceptors (Lipinski definition) is 3. The van der Waals surface area contributed by atoms with Crippen LogP contribution in [0, 0.1) is 11.8 Å². The van der Waals surface area contributed by atoms with Gasteiger partial charge >= 0.3 is 57.4 Å². The van der Waals surface area contributed by atoms with Gasteiger partial charge in [0, 0.05) is 11.9 Å². The summed E-state index contributed by atoms with van der Waals surface area (Å²) < 4.78 is 0. The molecule has 0 aliphatic rings. The summed E-state index contributed by atoms with van der Waals surface area (Å²) in [6.45, 7) is 12.0. The van der Waals surface area contributed by atoms with Crippen molar-refractivity contribution in [1.82, 2.24) is 0 Å². The first-order valence-corrected chi connectivity index (χ1v) is 10.6. The number of benzene rings is 2. The SMILES string of the molecule is CC(C)Cc1ccc(C(C)C(=O)O)cc1.CC(C)Cc1ccc(C(C)C(=O)[O-])cc1.[K+]. The molecule has 0 bridgehead atoms. The first kappa shape index (κ1) is 30.0. The molecule has 0 saturated heterocycles. The first-order valence-electron chi connectivity index (χ1n) is 10.6. The van der Waals surface area contributed by atoms with Crippen LogP contribution in [0.25, 0.3) is 0 Å². The number of carbonyl (C=O) groups excluding carboxylic acids is 1. The predicted molar refractivity (Wildman–Crippen MR) is 119 cm³/mol. The molecule has 1 N–H and O–H groups in total. The summed E-state index contributed by atoms with van der Waals surface area (Å²) in [5.41, 5.74) is 4.20. The van der Waals surface area contributed by atoms with Crippen LogP contribution in [-0.4, -0.2) is 17.0 Å². The molecule has 0 aliphatic carbocycles. The third kappa shape index (κ3) is 11.4. The van der Waals surface area contributed by atoms with E-state index in [1.807, 2.05) is 48.5 Å². The van der Waals surface area contributed by atoms with Gasteiger partial charge in [-0.3, -0.25) is 4.79 Å². The van der Waals surface area contributed by atoms with Crippen LogP contribution in [0.1, 0.15) is 75.6 Å². The van der Waals surface area contributed by atoms with Crippen LogP contribution in [-0.2, 0) is 22.4 Å². The summed E-state index contributed by atoms with van der Waals surface area (Å²) in [7, 11) is 0. The van der Waals surface area contributed by atoms with E-state index in [9.17, 15) is 14.7 Å². The second-order valence-corrected chi connectivity index (χ2v) is 8.78. The maximum absolute atomic E-state index is 10.8. The molecule has 0 amide bonds. The van der Waals surface area contributed by atoms with Crippen LogP contribution in [0.15, 0.2) is 48.5 Å². The van der Waals surface area contributed by atoms with Crippen molar-refractivity contribution in [3.8, 4) is 0 Å². The number of carbonyl (C=O) groups is 2. The minimum absolute atomic E-state index is 0. The molecule has 0 aliphatic heterocycles. The third-order valence-electron chi connectivity index (χ3n) is 4.97. The van der Waals surface area contributed by atoms with E-state index in [-0.39, 0.29) is 51.4 Å². The van der Waals surface area contributed by atoms with Gasteiger partial charge in [0.05, 0.1) is 5.92 Å². The Morgan fingerprint density at radius 2 is 1.03 bits per heavy atom. The molecule has 0 aromatic heterocycles. The third-order valence-corrected chi connectivity index (χ3v) is 4.97. The first-order chi connectivity index (χ1) is 14.0. The number of rotatable bonds is 8. The fraction of sp³-hybridized carbons (Fsp3) is 0.462. The van der Waals surface area contributed by atoms with E-state index in [0.717, 1.165) is 24.0 Å². The fourth-order valence-electron chi connectivity index (χ4n) is 3.11. The zero-order valence-corrected chi connectivity index (χ0v) is 23.1. The minimum Gasteiger partial charge on any atom is -0.550 e. The number of carboxylic acid groups (broad SMARTS) is 2. The van der Waals surface area contributed by atoms with Gasteiger partial charge in [0.1, 0.15) is 0 Å². The van der Waals surface area contributed by atoms with Crippen LogP contribution in [0.2, 0.25) is 0 Å². The Bertz CT molecular complexity index is 726. The molecule has 0 spiro atoms. The van der Waals surface area contributed by atoms with Crippen molar-refractivity contribution < 1.29 is 71.2 Å². The summed E-state index contributed by atoms with van der Waals surface area (Å²) in [6, 6.07) is 15.6.